The second kappa shape index (κ2) is 5.22. The molecule has 0 aliphatic carbocycles. The highest BCUT2D eigenvalue weighted by Crippen LogP contribution is 2.28. The molecule has 5 nitrogen and oxygen atoms in total. The first-order chi connectivity index (χ1) is 9.97. The molecule has 3 aromatic rings. The van der Waals surface area contributed by atoms with Gasteiger partial charge in [0.05, 0.1) is 20.3 Å². The highest BCUT2D eigenvalue weighted by molar-refractivity contribution is 7.92. The maximum atomic E-state index is 12.3. The number of benzene rings is 2. The Balaban J connectivity index is 2.01. The maximum Gasteiger partial charge on any atom is 0.263 e. The van der Waals surface area contributed by atoms with E-state index in [1.54, 1.807) is 24.3 Å². The average Bonchev–Trinajstić information content (AvgIpc) is 2.85. The van der Waals surface area contributed by atoms with Gasteiger partial charge in [0.25, 0.3) is 10.0 Å². The number of aromatic nitrogens is 1. The molecule has 1 heterocycles. The Hall–Kier alpha value is -1.76. The van der Waals surface area contributed by atoms with Gasteiger partial charge in [-0.25, -0.2) is 8.42 Å². The van der Waals surface area contributed by atoms with Gasteiger partial charge in [-0.1, -0.05) is 40.5 Å². The fourth-order valence-electron chi connectivity index (χ4n) is 1.79. The van der Waals surface area contributed by atoms with E-state index >= 15 is 0 Å². The van der Waals surface area contributed by atoms with Gasteiger partial charge in [-0.2, -0.15) is 0 Å². The van der Waals surface area contributed by atoms with Gasteiger partial charge in [-0.3, -0.25) is 4.72 Å². The van der Waals surface area contributed by atoms with Gasteiger partial charge in [-0.05, 0) is 30.3 Å². The van der Waals surface area contributed by atoms with Crippen LogP contribution in [0.1, 0.15) is 0 Å². The van der Waals surface area contributed by atoms with Gasteiger partial charge in [-0.15, -0.1) is 0 Å². The first-order valence-corrected chi connectivity index (χ1v) is 8.03. The SMILES string of the molecule is O=S(=O)(Nc1noc2ccccc12)c1ccc(Cl)c(Cl)c1. The minimum absolute atomic E-state index is 0.0102. The van der Waals surface area contributed by atoms with Crippen molar-refractivity contribution < 1.29 is 12.9 Å². The molecular weight excluding hydrogens is 335 g/mol. The highest BCUT2D eigenvalue weighted by Gasteiger charge is 2.19. The van der Waals surface area contributed by atoms with Crippen molar-refractivity contribution in [2.75, 3.05) is 4.72 Å². The van der Waals surface area contributed by atoms with Crippen molar-refractivity contribution in [1.82, 2.24) is 5.16 Å². The molecule has 0 saturated carbocycles. The summed E-state index contributed by atoms with van der Waals surface area (Å²) in [5.41, 5.74) is 0.490. The molecular formula is C13H8Cl2N2O3S. The standard InChI is InChI=1S/C13H8Cl2N2O3S/c14-10-6-5-8(7-11(10)15)21(18,19)17-13-9-3-1-2-4-12(9)20-16-13/h1-7H,(H,16,17). The van der Waals surface area contributed by atoms with E-state index in [-0.39, 0.29) is 20.8 Å². The minimum atomic E-state index is -3.83. The number of para-hydroxylation sites is 1. The molecule has 0 saturated heterocycles. The smallest absolute Gasteiger partial charge is 0.263 e. The summed E-state index contributed by atoms with van der Waals surface area (Å²) >= 11 is 11.6. The summed E-state index contributed by atoms with van der Waals surface area (Å²) in [6.07, 6.45) is 0. The van der Waals surface area contributed by atoms with Gasteiger partial charge in [0.15, 0.2) is 11.4 Å². The minimum Gasteiger partial charge on any atom is -0.354 e. The van der Waals surface area contributed by atoms with Crippen molar-refractivity contribution in [2.24, 2.45) is 0 Å². The van der Waals surface area contributed by atoms with Gasteiger partial charge in [0, 0.05) is 0 Å². The number of rotatable bonds is 3. The van der Waals surface area contributed by atoms with Gasteiger partial charge < -0.3 is 4.52 Å². The van der Waals surface area contributed by atoms with Crippen LogP contribution < -0.4 is 4.72 Å². The maximum absolute atomic E-state index is 12.3. The summed E-state index contributed by atoms with van der Waals surface area (Å²) in [7, 11) is -3.83. The zero-order chi connectivity index (χ0) is 15.0. The van der Waals surface area contributed by atoms with E-state index in [9.17, 15) is 8.42 Å². The molecule has 0 bridgehead atoms. The number of halogens is 2. The third-order valence-electron chi connectivity index (χ3n) is 2.81. The van der Waals surface area contributed by atoms with Crippen LogP contribution in [-0.2, 0) is 10.0 Å². The third-order valence-corrected chi connectivity index (χ3v) is 4.89. The van der Waals surface area contributed by atoms with E-state index < -0.39 is 10.0 Å². The predicted molar refractivity (Wildman–Crippen MR) is 81.3 cm³/mol. The summed E-state index contributed by atoms with van der Waals surface area (Å²) < 4.78 is 32.0. The Morgan fingerprint density at radius 3 is 2.57 bits per heavy atom. The van der Waals surface area contributed by atoms with Crippen molar-refractivity contribution in [3.05, 3.63) is 52.5 Å². The van der Waals surface area contributed by atoms with Gasteiger partial charge in [0.1, 0.15) is 0 Å². The van der Waals surface area contributed by atoms with Crippen molar-refractivity contribution in [3.8, 4) is 0 Å². The van der Waals surface area contributed by atoms with Crippen LogP contribution in [0.5, 0.6) is 0 Å². The number of hydrogen-bond acceptors (Lipinski definition) is 4. The summed E-state index contributed by atoms with van der Waals surface area (Å²) in [4.78, 5) is -0.0102. The molecule has 0 atom stereocenters. The number of sulfonamides is 1. The molecule has 2 aromatic carbocycles. The van der Waals surface area contributed by atoms with E-state index in [1.165, 1.54) is 18.2 Å². The Bertz CT molecular complexity index is 922. The Kier molecular flexibility index (Phi) is 3.52. The Morgan fingerprint density at radius 1 is 1.05 bits per heavy atom. The van der Waals surface area contributed by atoms with Gasteiger partial charge >= 0.3 is 0 Å². The van der Waals surface area contributed by atoms with Crippen molar-refractivity contribution in [1.29, 1.82) is 0 Å². The zero-order valence-electron chi connectivity index (χ0n) is 10.4. The zero-order valence-corrected chi connectivity index (χ0v) is 12.7. The van der Waals surface area contributed by atoms with Crippen LogP contribution in [0.15, 0.2) is 51.9 Å². The van der Waals surface area contributed by atoms with E-state index in [0.717, 1.165) is 0 Å². The van der Waals surface area contributed by atoms with E-state index in [2.05, 4.69) is 9.88 Å². The summed E-state index contributed by atoms with van der Waals surface area (Å²) in [5, 5.41) is 4.73. The van der Waals surface area contributed by atoms with Crippen molar-refractivity contribution >= 4 is 50.0 Å². The van der Waals surface area contributed by atoms with Crippen LogP contribution in [0.25, 0.3) is 11.0 Å². The Labute approximate surface area is 130 Å². The molecule has 1 aromatic heterocycles. The van der Waals surface area contributed by atoms with Gasteiger partial charge in [0.2, 0.25) is 0 Å². The second-order valence-electron chi connectivity index (χ2n) is 4.21. The summed E-state index contributed by atoms with van der Waals surface area (Å²) in [6.45, 7) is 0. The normalized spacial score (nSPS) is 11.7. The van der Waals surface area contributed by atoms with E-state index in [1.807, 2.05) is 0 Å². The van der Waals surface area contributed by atoms with Crippen molar-refractivity contribution in [3.63, 3.8) is 0 Å². The topological polar surface area (TPSA) is 72.2 Å². The first kappa shape index (κ1) is 14.2. The van der Waals surface area contributed by atoms with E-state index in [4.69, 9.17) is 27.7 Å². The lowest BCUT2D eigenvalue weighted by atomic mass is 10.2. The lowest BCUT2D eigenvalue weighted by molar-refractivity contribution is 0.460. The fourth-order valence-corrected chi connectivity index (χ4v) is 3.19. The van der Waals surface area contributed by atoms with Crippen molar-refractivity contribution in [2.45, 2.75) is 4.90 Å². The number of fused-ring (bicyclic) bond motifs is 1. The highest BCUT2D eigenvalue weighted by atomic mass is 35.5. The molecule has 8 heteroatoms. The largest absolute Gasteiger partial charge is 0.354 e. The third kappa shape index (κ3) is 2.70. The predicted octanol–water partition coefficient (Wildman–Crippen LogP) is 3.94. The molecule has 0 spiro atoms. The molecule has 108 valence electrons. The molecule has 21 heavy (non-hydrogen) atoms. The molecule has 0 amide bonds. The number of nitrogens with one attached hydrogen (secondary N) is 1. The number of nitrogens with zero attached hydrogens (tertiary/aromatic N) is 1. The van der Waals surface area contributed by atoms with E-state index in [0.29, 0.717) is 11.0 Å². The van der Waals surface area contributed by atoms with Crippen LogP contribution in [0, 0.1) is 0 Å². The fraction of sp³-hybridized carbons (Fsp3) is 0. The summed E-state index contributed by atoms with van der Waals surface area (Å²) in [6, 6.07) is 11.0. The monoisotopic (exact) mass is 342 g/mol. The quantitative estimate of drug-likeness (QED) is 0.782. The molecule has 3 rings (SSSR count). The van der Waals surface area contributed by atoms with Crippen LogP contribution in [0.3, 0.4) is 0 Å². The Morgan fingerprint density at radius 2 is 1.81 bits per heavy atom. The molecule has 0 radical (unpaired) electrons. The lowest BCUT2D eigenvalue weighted by Crippen LogP contribution is -2.13. The first-order valence-electron chi connectivity index (χ1n) is 5.80. The number of anilines is 1. The number of hydrogen-bond donors (Lipinski definition) is 1. The lowest BCUT2D eigenvalue weighted by Gasteiger charge is -2.06. The average molecular weight is 343 g/mol. The van der Waals surface area contributed by atoms with Crippen LogP contribution in [0.2, 0.25) is 10.0 Å². The van der Waals surface area contributed by atoms with Crippen LogP contribution in [-0.4, -0.2) is 13.6 Å². The molecule has 1 N–H and O–H groups in total. The molecule has 0 unspecified atom stereocenters. The molecule has 0 fully saturated rings. The molecule has 0 aliphatic heterocycles. The molecule has 0 aliphatic rings. The second-order valence-corrected chi connectivity index (χ2v) is 6.71. The van der Waals surface area contributed by atoms with Crippen LogP contribution >= 0.6 is 23.2 Å². The van der Waals surface area contributed by atoms with Crippen LogP contribution in [0.4, 0.5) is 5.82 Å². The summed E-state index contributed by atoms with van der Waals surface area (Å²) in [5.74, 6) is 0.122.